The van der Waals surface area contributed by atoms with Crippen molar-refractivity contribution in [1.82, 2.24) is 9.97 Å². The Hall–Kier alpha value is -3.67. The van der Waals surface area contributed by atoms with Gasteiger partial charge in [-0.25, -0.2) is 9.78 Å². The van der Waals surface area contributed by atoms with Crippen molar-refractivity contribution in [3.8, 4) is 17.4 Å². The quantitative estimate of drug-likeness (QED) is 0.363. The minimum atomic E-state index is -0.358. The van der Waals surface area contributed by atoms with Gasteiger partial charge >= 0.3 is 5.97 Å². The van der Waals surface area contributed by atoms with Gasteiger partial charge in [-0.05, 0) is 80.8 Å². The van der Waals surface area contributed by atoms with Crippen molar-refractivity contribution >= 4 is 12.0 Å². The van der Waals surface area contributed by atoms with E-state index in [2.05, 4.69) is 9.97 Å². The lowest BCUT2D eigenvalue weighted by atomic mass is 10.1. The smallest absolute Gasteiger partial charge is 0.330 e. The second-order valence-electron chi connectivity index (χ2n) is 7.06. The number of aryl methyl sites for hydroxylation is 3. The summed E-state index contributed by atoms with van der Waals surface area (Å²) in [7, 11) is 0. The highest BCUT2D eigenvalue weighted by Gasteiger charge is 2.09. The van der Waals surface area contributed by atoms with Crippen molar-refractivity contribution in [2.24, 2.45) is 0 Å². The van der Waals surface area contributed by atoms with Crippen molar-refractivity contribution in [2.75, 3.05) is 6.61 Å². The monoisotopic (exact) mass is 418 g/mol. The van der Waals surface area contributed by atoms with Crippen LogP contribution >= 0.6 is 0 Å². The molecule has 2 heterocycles. The highest BCUT2D eigenvalue weighted by Crippen LogP contribution is 2.30. The van der Waals surface area contributed by atoms with E-state index in [1.54, 1.807) is 25.3 Å². The van der Waals surface area contributed by atoms with Crippen molar-refractivity contribution in [1.29, 1.82) is 0 Å². The third-order valence-corrected chi connectivity index (χ3v) is 4.43. The maximum atomic E-state index is 11.5. The highest BCUT2D eigenvalue weighted by atomic mass is 16.5. The first-order valence-electron chi connectivity index (χ1n) is 10.1. The number of carbonyl (C=O) groups is 1. The lowest BCUT2D eigenvalue weighted by Crippen LogP contribution is -2.00. The average molecular weight is 418 g/mol. The summed E-state index contributed by atoms with van der Waals surface area (Å²) in [5.74, 6) is 1.49. The van der Waals surface area contributed by atoms with E-state index in [0.29, 0.717) is 24.8 Å². The van der Waals surface area contributed by atoms with E-state index in [4.69, 9.17) is 14.2 Å². The molecule has 160 valence electrons. The van der Waals surface area contributed by atoms with Crippen LogP contribution in [0.5, 0.6) is 17.4 Å². The molecule has 0 aliphatic heterocycles. The zero-order valence-corrected chi connectivity index (χ0v) is 18.2. The largest absolute Gasteiger partial charge is 0.486 e. The Labute approximate surface area is 182 Å². The summed E-state index contributed by atoms with van der Waals surface area (Å²) >= 11 is 0. The maximum Gasteiger partial charge on any atom is 0.330 e. The molecule has 0 spiro atoms. The number of benzene rings is 1. The number of hydrogen-bond acceptors (Lipinski definition) is 6. The van der Waals surface area contributed by atoms with E-state index < -0.39 is 0 Å². The third-order valence-electron chi connectivity index (χ3n) is 4.43. The Bertz CT molecular complexity index is 1050. The summed E-state index contributed by atoms with van der Waals surface area (Å²) in [6.07, 6.45) is 4.78. The maximum absolute atomic E-state index is 11.5. The summed E-state index contributed by atoms with van der Waals surface area (Å²) < 4.78 is 16.7. The number of rotatable bonds is 8. The first kappa shape index (κ1) is 22.0. The number of hydrogen-bond donors (Lipinski definition) is 0. The van der Waals surface area contributed by atoms with Gasteiger partial charge in [-0.15, -0.1) is 0 Å². The Kier molecular flexibility index (Phi) is 7.38. The van der Waals surface area contributed by atoms with Crippen LogP contribution in [0.1, 0.15) is 35.0 Å². The van der Waals surface area contributed by atoms with E-state index in [0.717, 1.165) is 33.8 Å². The standard InChI is InChI=1S/C25H26N2O4/c1-5-29-24(28)12-9-20-13-17(2)25(18(3)14-20)31-23-11-10-22(15-26-23)30-16-21-8-6-7-19(4)27-21/h6-15H,5,16H2,1-4H3/b12-9+. The molecule has 0 N–H and O–H groups in total. The van der Waals surface area contributed by atoms with Crippen LogP contribution in [0.15, 0.2) is 54.7 Å². The normalized spacial score (nSPS) is 10.8. The van der Waals surface area contributed by atoms with Crippen molar-refractivity contribution in [3.63, 3.8) is 0 Å². The molecule has 6 nitrogen and oxygen atoms in total. The number of pyridine rings is 2. The topological polar surface area (TPSA) is 70.5 Å². The van der Waals surface area contributed by atoms with Crippen LogP contribution in [0.2, 0.25) is 0 Å². The molecule has 0 bridgehead atoms. The van der Waals surface area contributed by atoms with Crippen LogP contribution in [0.25, 0.3) is 6.08 Å². The van der Waals surface area contributed by atoms with Crippen LogP contribution in [-0.2, 0) is 16.1 Å². The zero-order valence-electron chi connectivity index (χ0n) is 18.2. The molecule has 1 aromatic carbocycles. The fraction of sp³-hybridized carbons (Fsp3) is 0.240. The van der Waals surface area contributed by atoms with E-state index in [1.165, 1.54) is 6.08 Å². The first-order valence-corrected chi connectivity index (χ1v) is 10.1. The molecule has 31 heavy (non-hydrogen) atoms. The Morgan fingerprint density at radius 2 is 1.84 bits per heavy atom. The molecule has 0 fully saturated rings. The van der Waals surface area contributed by atoms with E-state index in [9.17, 15) is 4.79 Å². The van der Waals surface area contributed by atoms with Crippen LogP contribution in [0.3, 0.4) is 0 Å². The van der Waals surface area contributed by atoms with Crippen LogP contribution in [0, 0.1) is 20.8 Å². The summed E-state index contributed by atoms with van der Waals surface area (Å²) in [5, 5.41) is 0. The van der Waals surface area contributed by atoms with Gasteiger partial charge in [0.2, 0.25) is 5.88 Å². The fourth-order valence-corrected chi connectivity index (χ4v) is 3.05. The second-order valence-corrected chi connectivity index (χ2v) is 7.06. The molecule has 0 amide bonds. The van der Waals surface area contributed by atoms with Crippen LogP contribution < -0.4 is 9.47 Å². The Balaban J connectivity index is 1.64. The van der Waals surface area contributed by atoms with Gasteiger partial charge < -0.3 is 14.2 Å². The number of nitrogens with zero attached hydrogens (tertiary/aromatic N) is 2. The van der Waals surface area contributed by atoms with Gasteiger partial charge in [0.1, 0.15) is 18.1 Å². The predicted molar refractivity (Wildman–Crippen MR) is 119 cm³/mol. The molecular formula is C25H26N2O4. The Morgan fingerprint density at radius 1 is 1.06 bits per heavy atom. The van der Waals surface area contributed by atoms with E-state index >= 15 is 0 Å². The second kappa shape index (κ2) is 10.4. The number of ether oxygens (including phenoxy) is 3. The number of carbonyl (C=O) groups excluding carboxylic acids is 1. The van der Waals surface area contributed by atoms with Gasteiger partial charge in [0, 0.05) is 17.8 Å². The van der Waals surface area contributed by atoms with Gasteiger partial charge in [-0.3, -0.25) is 4.98 Å². The lowest BCUT2D eigenvalue weighted by molar-refractivity contribution is -0.137. The first-order chi connectivity index (χ1) is 14.9. The van der Waals surface area contributed by atoms with Gasteiger partial charge in [-0.1, -0.05) is 6.07 Å². The molecule has 3 rings (SSSR count). The van der Waals surface area contributed by atoms with Crippen molar-refractivity contribution < 1.29 is 19.0 Å². The van der Waals surface area contributed by atoms with Crippen LogP contribution in [0.4, 0.5) is 0 Å². The highest BCUT2D eigenvalue weighted by molar-refractivity contribution is 5.87. The molecule has 6 heteroatoms. The minimum absolute atomic E-state index is 0.355. The molecule has 0 saturated carbocycles. The number of aromatic nitrogens is 2. The molecule has 0 saturated heterocycles. The summed E-state index contributed by atoms with van der Waals surface area (Å²) in [6.45, 7) is 8.37. The SMILES string of the molecule is CCOC(=O)/C=C/c1cc(C)c(Oc2ccc(OCc3cccc(C)n3)cn2)c(C)c1. The zero-order chi connectivity index (χ0) is 22.2. The third kappa shape index (κ3) is 6.40. The molecule has 0 radical (unpaired) electrons. The van der Waals surface area contributed by atoms with Gasteiger partial charge in [-0.2, -0.15) is 0 Å². The summed E-state index contributed by atoms with van der Waals surface area (Å²) in [6, 6.07) is 13.3. The molecule has 3 aromatic rings. The summed E-state index contributed by atoms with van der Waals surface area (Å²) in [4.78, 5) is 20.3. The summed E-state index contributed by atoms with van der Waals surface area (Å²) in [5.41, 5.74) is 4.60. The lowest BCUT2D eigenvalue weighted by Gasteiger charge is -2.13. The fourth-order valence-electron chi connectivity index (χ4n) is 3.05. The average Bonchev–Trinajstić information content (AvgIpc) is 2.74. The van der Waals surface area contributed by atoms with Crippen molar-refractivity contribution in [2.45, 2.75) is 34.3 Å². The molecule has 0 aliphatic rings. The molecule has 0 aliphatic carbocycles. The van der Waals surface area contributed by atoms with Gasteiger partial charge in [0.15, 0.2) is 0 Å². The Morgan fingerprint density at radius 3 is 2.48 bits per heavy atom. The molecular weight excluding hydrogens is 392 g/mol. The predicted octanol–water partition coefficient (Wildman–Crippen LogP) is 5.35. The van der Waals surface area contributed by atoms with E-state index in [1.807, 2.05) is 57.2 Å². The van der Waals surface area contributed by atoms with E-state index in [-0.39, 0.29) is 5.97 Å². The molecule has 0 atom stereocenters. The molecule has 0 unspecified atom stereocenters. The van der Waals surface area contributed by atoms with Gasteiger partial charge in [0.05, 0.1) is 18.5 Å². The van der Waals surface area contributed by atoms with Crippen molar-refractivity contribution in [3.05, 3.63) is 82.8 Å². The van der Waals surface area contributed by atoms with Gasteiger partial charge in [0.25, 0.3) is 0 Å². The molecule has 2 aromatic heterocycles. The van der Waals surface area contributed by atoms with Crippen LogP contribution in [-0.4, -0.2) is 22.5 Å². The minimum Gasteiger partial charge on any atom is -0.486 e. The number of esters is 1.